The number of hydrogen-bond acceptors (Lipinski definition) is 5. The van der Waals surface area contributed by atoms with Gasteiger partial charge in [-0.05, 0) is 45.3 Å². The molecule has 186 valence electrons. The van der Waals surface area contributed by atoms with E-state index < -0.39 is 18.3 Å². The number of anilines is 1. The summed E-state index contributed by atoms with van der Waals surface area (Å²) in [5.41, 5.74) is 1.93. The molecule has 0 atom stereocenters. The minimum atomic E-state index is -0.478. The smallest absolute Gasteiger partial charge is 0.399 e. The SMILES string of the molecule is C.CC.Cn1nc(C(C)(C)C)cc1NC(=O)c1cnc2cc(B3OC(C)(C)C(C)(C)O3)ccn12. The Balaban J connectivity index is 0.00000133. The van der Waals surface area contributed by atoms with E-state index >= 15 is 0 Å². The van der Waals surface area contributed by atoms with Gasteiger partial charge in [0.15, 0.2) is 0 Å². The molecule has 1 fully saturated rings. The van der Waals surface area contributed by atoms with Crippen LogP contribution in [0.5, 0.6) is 0 Å². The van der Waals surface area contributed by atoms with Crippen molar-refractivity contribution < 1.29 is 14.1 Å². The quantitative estimate of drug-likeness (QED) is 0.568. The summed E-state index contributed by atoms with van der Waals surface area (Å²) in [5, 5.41) is 7.45. The summed E-state index contributed by atoms with van der Waals surface area (Å²) in [7, 11) is 1.34. The minimum absolute atomic E-state index is 0. The maximum atomic E-state index is 12.9. The van der Waals surface area contributed by atoms with Gasteiger partial charge in [-0.15, -0.1) is 0 Å². The van der Waals surface area contributed by atoms with E-state index in [1.54, 1.807) is 15.3 Å². The van der Waals surface area contributed by atoms with E-state index in [2.05, 4.69) is 36.2 Å². The molecule has 4 heterocycles. The van der Waals surface area contributed by atoms with Gasteiger partial charge in [0.25, 0.3) is 5.91 Å². The Morgan fingerprint density at radius 1 is 1.09 bits per heavy atom. The van der Waals surface area contributed by atoms with Gasteiger partial charge in [0.2, 0.25) is 0 Å². The van der Waals surface area contributed by atoms with Gasteiger partial charge >= 0.3 is 7.12 Å². The van der Waals surface area contributed by atoms with E-state index in [-0.39, 0.29) is 18.7 Å². The van der Waals surface area contributed by atoms with Crippen molar-refractivity contribution in [2.24, 2.45) is 7.05 Å². The highest BCUT2D eigenvalue weighted by Gasteiger charge is 2.51. The molecule has 8 nitrogen and oxygen atoms in total. The highest BCUT2D eigenvalue weighted by atomic mass is 16.7. The number of carbonyl (C=O) groups is 1. The molecule has 0 spiro atoms. The van der Waals surface area contributed by atoms with Crippen LogP contribution in [0.2, 0.25) is 0 Å². The van der Waals surface area contributed by atoms with Crippen molar-refractivity contribution in [3.8, 4) is 0 Å². The van der Waals surface area contributed by atoms with Gasteiger partial charge in [0, 0.05) is 24.7 Å². The van der Waals surface area contributed by atoms with Crippen LogP contribution in [0.1, 0.15) is 85.9 Å². The third kappa shape index (κ3) is 5.05. The van der Waals surface area contributed by atoms with Gasteiger partial charge in [-0.3, -0.25) is 13.9 Å². The first kappa shape index (κ1) is 27.6. The lowest BCUT2D eigenvalue weighted by atomic mass is 9.80. The van der Waals surface area contributed by atoms with Crippen molar-refractivity contribution >= 4 is 30.0 Å². The molecule has 9 heteroatoms. The number of nitrogens with zero attached hydrogens (tertiary/aromatic N) is 4. The molecule has 34 heavy (non-hydrogen) atoms. The molecule has 0 unspecified atom stereocenters. The minimum Gasteiger partial charge on any atom is -0.399 e. The van der Waals surface area contributed by atoms with Crippen LogP contribution in [0.4, 0.5) is 5.82 Å². The number of pyridine rings is 1. The lowest BCUT2D eigenvalue weighted by molar-refractivity contribution is 0.00578. The summed E-state index contributed by atoms with van der Waals surface area (Å²) in [5.74, 6) is 0.387. The molecule has 3 aromatic rings. The van der Waals surface area contributed by atoms with Crippen molar-refractivity contribution in [2.45, 2.75) is 86.4 Å². The number of carbonyl (C=O) groups excluding carboxylic acids is 1. The summed E-state index contributed by atoms with van der Waals surface area (Å²) >= 11 is 0. The first-order valence-corrected chi connectivity index (χ1v) is 11.5. The molecule has 0 saturated carbocycles. The van der Waals surface area contributed by atoms with Crippen LogP contribution in [0, 0.1) is 0 Å². The summed E-state index contributed by atoms with van der Waals surface area (Å²) in [4.78, 5) is 17.4. The molecule has 3 aromatic heterocycles. The fourth-order valence-corrected chi connectivity index (χ4v) is 3.42. The average Bonchev–Trinajstić information content (AvgIpc) is 3.37. The Kier molecular flexibility index (Phi) is 7.75. The maximum Gasteiger partial charge on any atom is 0.495 e. The zero-order chi connectivity index (χ0) is 24.8. The lowest BCUT2D eigenvalue weighted by Crippen LogP contribution is -2.41. The summed E-state index contributed by atoms with van der Waals surface area (Å²) in [6.07, 6.45) is 3.39. The summed E-state index contributed by atoms with van der Waals surface area (Å²) < 4.78 is 15.7. The Labute approximate surface area is 204 Å². The molecule has 1 aliphatic heterocycles. The van der Waals surface area contributed by atoms with E-state index in [1.165, 1.54) is 0 Å². The molecule has 1 N–H and O–H groups in total. The monoisotopic (exact) mass is 469 g/mol. The highest BCUT2D eigenvalue weighted by Crippen LogP contribution is 2.36. The molecule has 1 aliphatic rings. The third-order valence-electron chi connectivity index (χ3n) is 6.19. The Morgan fingerprint density at radius 2 is 1.68 bits per heavy atom. The van der Waals surface area contributed by atoms with Crippen molar-refractivity contribution in [3.63, 3.8) is 0 Å². The van der Waals surface area contributed by atoms with Crippen LogP contribution < -0.4 is 10.8 Å². The Bertz CT molecular complexity index is 1140. The van der Waals surface area contributed by atoms with E-state index in [9.17, 15) is 4.79 Å². The number of aromatic nitrogens is 4. The molecule has 0 bridgehead atoms. The molecule has 1 amide bonds. The molecular weight excluding hydrogens is 429 g/mol. The van der Waals surface area contributed by atoms with E-state index in [4.69, 9.17) is 9.31 Å². The van der Waals surface area contributed by atoms with Crippen molar-refractivity contribution in [2.75, 3.05) is 5.32 Å². The van der Waals surface area contributed by atoms with Crippen LogP contribution in [0.25, 0.3) is 5.65 Å². The van der Waals surface area contributed by atoms with Gasteiger partial charge in [0.1, 0.15) is 17.2 Å². The van der Waals surface area contributed by atoms with Gasteiger partial charge in [0.05, 0.1) is 23.1 Å². The van der Waals surface area contributed by atoms with Crippen molar-refractivity contribution in [3.05, 3.63) is 42.0 Å². The second kappa shape index (κ2) is 9.54. The second-order valence-electron chi connectivity index (χ2n) is 10.2. The number of imidazole rings is 1. The van der Waals surface area contributed by atoms with Gasteiger partial charge < -0.3 is 14.6 Å². The zero-order valence-corrected chi connectivity index (χ0v) is 21.5. The number of amides is 1. The number of rotatable bonds is 3. The number of hydrogen-bond donors (Lipinski definition) is 1. The van der Waals surface area contributed by atoms with Crippen LogP contribution >= 0.6 is 0 Å². The van der Waals surface area contributed by atoms with Gasteiger partial charge in [-0.25, -0.2) is 4.98 Å². The molecule has 0 radical (unpaired) electrons. The lowest BCUT2D eigenvalue weighted by Gasteiger charge is -2.32. The maximum absolute atomic E-state index is 12.9. The number of aryl methyl sites for hydroxylation is 1. The molecule has 0 aliphatic carbocycles. The Hall–Kier alpha value is -2.65. The van der Waals surface area contributed by atoms with Crippen LogP contribution in [0.3, 0.4) is 0 Å². The zero-order valence-electron chi connectivity index (χ0n) is 21.5. The first-order chi connectivity index (χ1) is 15.3. The van der Waals surface area contributed by atoms with E-state index in [1.807, 2.05) is 73.0 Å². The average molecular weight is 469 g/mol. The van der Waals surface area contributed by atoms with Crippen LogP contribution in [-0.4, -0.2) is 43.4 Å². The number of fused-ring (bicyclic) bond motifs is 1. The van der Waals surface area contributed by atoms with E-state index in [0.29, 0.717) is 17.2 Å². The fraction of sp³-hybridized carbons (Fsp3) is 0.560. The fourth-order valence-electron chi connectivity index (χ4n) is 3.42. The van der Waals surface area contributed by atoms with Gasteiger partial charge in [-0.1, -0.05) is 42.0 Å². The number of nitrogens with one attached hydrogen (secondary N) is 1. The van der Waals surface area contributed by atoms with Crippen molar-refractivity contribution in [1.82, 2.24) is 19.2 Å². The summed E-state index contributed by atoms with van der Waals surface area (Å²) in [6, 6.07) is 5.69. The largest absolute Gasteiger partial charge is 0.495 e. The predicted molar refractivity (Wildman–Crippen MR) is 139 cm³/mol. The molecule has 4 rings (SSSR count). The van der Waals surface area contributed by atoms with Crippen molar-refractivity contribution in [1.29, 1.82) is 0 Å². The Morgan fingerprint density at radius 3 is 2.21 bits per heavy atom. The molecule has 0 aromatic carbocycles. The highest BCUT2D eigenvalue weighted by molar-refractivity contribution is 6.62. The molecule has 1 saturated heterocycles. The normalized spacial score (nSPS) is 16.6. The second-order valence-corrected chi connectivity index (χ2v) is 10.2. The first-order valence-electron chi connectivity index (χ1n) is 11.5. The summed E-state index contributed by atoms with van der Waals surface area (Å²) in [6.45, 7) is 18.3. The predicted octanol–water partition coefficient (Wildman–Crippen LogP) is 4.58. The van der Waals surface area contributed by atoms with Gasteiger partial charge in [-0.2, -0.15) is 5.10 Å². The molecular formula is C25H40BN5O3. The van der Waals surface area contributed by atoms with Crippen LogP contribution in [0.15, 0.2) is 30.6 Å². The topological polar surface area (TPSA) is 82.7 Å². The van der Waals surface area contributed by atoms with E-state index in [0.717, 1.165) is 11.2 Å². The van der Waals surface area contributed by atoms with Crippen LogP contribution in [-0.2, 0) is 21.8 Å². The third-order valence-corrected chi connectivity index (χ3v) is 6.19. The standard InChI is InChI=1S/C22H30BN5O3.C2H6.CH4/c1-20(2,3)16-12-18(27(8)26-16)25-19(29)15-13-24-17-11-14(9-10-28(15)17)23-30-21(4,5)22(6,7)31-23;1-2;/h9-13H,1-8H3,(H,25,29);1-2H3;1H4.